The lowest BCUT2D eigenvalue weighted by Gasteiger charge is -2.40. The van der Waals surface area contributed by atoms with Crippen molar-refractivity contribution in [1.82, 2.24) is 20.0 Å². The Balaban J connectivity index is 1.94. The van der Waals surface area contributed by atoms with Crippen molar-refractivity contribution < 1.29 is 27.5 Å². The Labute approximate surface area is 253 Å². The van der Waals surface area contributed by atoms with Gasteiger partial charge in [0.2, 0.25) is 11.8 Å². The summed E-state index contributed by atoms with van der Waals surface area (Å²) >= 11 is 0. The van der Waals surface area contributed by atoms with Crippen molar-refractivity contribution in [1.29, 1.82) is 0 Å². The number of hydrazine groups is 1. The van der Waals surface area contributed by atoms with E-state index in [1.54, 1.807) is 6.07 Å². The number of nitrogens with one attached hydrogen (secondary N) is 1. The van der Waals surface area contributed by atoms with Gasteiger partial charge >= 0.3 is 6.09 Å². The molecule has 0 unspecified atom stereocenters. The molecule has 3 aromatic rings. The summed E-state index contributed by atoms with van der Waals surface area (Å²) in [6, 6.07) is 12.5. The van der Waals surface area contributed by atoms with Gasteiger partial charge in [-0.05, 0) is 61.9 Å². The molecule has 2 aromatic carbocycles. The Morgan fingerprint density at radius 3 is 2.49 bits per heavy atom. The average Bonchev–Trinajstić information content (AvgIpc) is 2.96. The maximum absolute atomic E-state index is 14.2. The van der Waals surface area contributed by atoms with Crippen LogP contribution in [0.1, 0.15) is 61.5 Å². The molecule has 1 aromatic heterocycles. The summed E-state index contributed by atoms with van der Waals surface area (Å²) < 4.78 is 40.9. The molecule has 4 bridgehead atoms. The van der Waals surface area contributed by atoms with Crippen molar-refractivity contribution in [2.45, 2.75) is 64.8 Å². The Morgan fingerprint density at radius 1 is 1.14 bits per heavy atom. The number of unbranched alkanes of at least 4 members (excludes halogenated alkanes) is 1. The highest BCUT2D eigenvalue weighted by Gasteiger charge is 2.35. The van der Waals surface area contributed by atoms with Crippen LogP contribution in [0.5, 0.6) is 5.88 Å². The Kier molecular flexibility index (Phi) is 9.90. The Morgan fingerprint density at radius 2 is 1.84 bits per heavy atom. The second kappa shape index (κ2) is 13.4. The summed E-state index contributed by atoms with van der Waals surface area (Å²) in [6.45, 7) is 10.1. The van der Waals surface area contributed by atoms with Crippen LogP contribution in [0, 0.1) is 19.8 Å². The lowest BCUT2D eigenvalue weighted by molar-refractivity contribution is -0.0432. The molecular formula is C31H39N5O6S. The zero-order valence-corrected chi connectivity index (χ0v) is 26.3. The molecule has 0 spiro atoms. The summed E-state index contributed by atoms with van der Waals surface area (Å²) in [5, 5.41) is 2.64. The van der Waals surface area contributed by atoms with E-state index in [0.29, 0.717) is 18.5 Å². The lowest BCUT2D eigenvalue weighted by Crippen LogP contribution is -2.57. The number of benzene rings is 2. The summed E-state index contributed by atoms with van der Waals surface area (Å²) in [7, 11) is -2.95. The number of hydrogen-bond acceptors (Lipinski definition) is 8. The molecule has 0 aliphatic carbocycles. The van der Waals surface area contributed by atoms with Gasteiger partial charge in [-0.25, -0.2) is 32.9 Å². The van der Waals surface area contributed by atoms with E-state index < -0.39 is 28.1 Å². The number of carbonyl (C=O) groups is 2. The molecule has 0 fully saturated rings. The van der Waals surface area contributed by atoms with Gasteiger partial charge in [0, 0.05) is 23.7 Å². The van der Waals surface area contributed by atoms with Crippen LogP contribution in [-0.4, -0.2) is 66.7 Å². The third-order valence-corrected chi connectivity index (χ3v) is 8.47. The van der Waals surface area contributed by atoms with Gasteiger partial charge in [0.1, 0.15) is 6.61 Å². The molecule has 2 amide bonds. The molecule has 1 aliphatic heterocycles. The summed E-state index contributed by atoms with van der Waals surface area (Å²) in [5.41, 5.74) is 3.29. The van der Waals surface area contributed by atoms with Crippen LogP contribution in [0.4, 0.5) is 10.7 Å². The number of rotatable bonds is 7. The van der Waals surface area contributed by atoms with Gasteiger partial charge in [-0.1, -0.05) is 51.5 Å². The molecule has 0 saturated heterocycles. The van der Waals surface area contributed by atoms with Crippen molar-refractivity contribution in [3.8, 4) is 17.1 Å². The lowest BCUT2D eigenvalue weighted by atomic mass is 10.00. The van der Waals surface area contributed by atoms with Crippen molar-refractivity contribution >= 4 is 28.0 Å². The number of nitrogens with zero attached hydrogens (tertiary/aromatic N) is 4. The number of hydrogen-bond donors (Lipinski definition) is 1. The first kappa shape index (κ1) is 31.7. The topological polar surface area (TPSA) is 131 Å². The van der Waals surface area contributed by atoms with Crippen LogP contribution in [0.3, 0.4) is 0 Å². The molecule has 2 heterocycles. The third-order valence-electron chi connectivity index (χ3n) is 7.15. The van der Waals surface area contributed by atoms with E-state index in [1.807, 2.05) is 52.8 Å². The molecule has 11 nitrogen and oxygen atoms in total. The van der Waals surface area contributed by atoms with Crippen molar-refractivity contribution in [3.63, 3.8) is 0 Å². The van der Waals surface area contributed by atoms with Crippen LogP contribution in [0.25, 0.3) is 11.3 Å². The van der Waals surface area contributed by atoms with Crippen molar-refractivity contribution in [2.24, 2.45) is 5.92 Å². The fourth-order valence-corrected chi connectivity index (χ4v) is 6.13. The maximum atomic E-state index is 14.2. The van der Waals surface area contributed by atoms with E-state index in [0.717, 1.165) is 23.1 Å². The zero-order valence-electron chi connectivity index (χ0n) is 25.5. The fourth-order valence-electron chi connectivity index (χ4n) is 5.14. The first-order chi connectivity index (χ1) is 20.4. The highest BCUT2D eigenvalue weighted by atomic mass is 32.2. The predicted molar refractivity (Wildman–Crippen MR) is 163 cm³/mol. The number of sulfonamides is 1. The molecule has 0 radical (unpaired) electrons. The Hall–Kier alpha value is -4.19. The number of amides is 2. The standard InChI is InChI=1S/C31H39N5O6S/c1-7-8-15-35(31(38)41-6)36-24(16-20(2)3)19-42-27-18-26(28-21(4)11-9-12-22(28)5)32-30(33-27)34-43(39,40)25-14-10-13-23(17-25)29(36)37/h9-14,17-18,20,24H,7-8,15-16,19H2,1-6H3,(H,32,33,34)/t24-/m0/s1. The second-order valence-corrected chi connectivity index (χ2v) is 12.7. The minimum absolute atomic E-state index is 0.0291. The normalized spacial score (nSPS) is 16.3. The van der Waals surface area contributed by atoms with E-state index >= 15 is 0 Å². The van der Waals surface area contributed by atoms with Gasteiger partial charge in [-0.3, -0.25) is 4.79 Å². The fraction of sp³-hybridized carbons (Fsp3) is 0.419. The third kappa shape index (κ3) is 7.24. The van der Waals surface area contributed by atoms with Gasteiger partial charge in [0.25, 0.3) is 15.9 Å². The first-order valence-corrected chi connectivity index (χ1v) is 15.8. The molecule has 1 N–H and O–H groups in total. The first-order valence-electron chi connectivity index (χ1n) is 14.4. The maximum Gasteiger partial charge on any atom is 0.428 e. The highest BCUT2D eigenvalue weighted by molar-refractivity contribution is 7.92. The van der Waals surface area contributed by atoms with Crippen LogP contribution >= 0.6 is 0 Å². The molecule has 12 heteroatoms. The van der Waals surface area contributed by atoms with Gasteiger partial charge in [0.05, 0.1) is 23.7 Å². The molecule has 1 aliphatic rings. The van der Waals surface area contributed by atoms with Gasteiger partial charge < -0.3 is 9.47 Å². The number of ether oxygens (including phenoxy) is 2. The van der Waals surface area contributed by atoms with Gasteiger partial charge in [-0.2, -0.15) is 4.98 Å². The quantitative estimate of drug-likeness (QED) is 0.367. The highest BCUT2D eigenvalue weighted by Crippen LogP contribution is 2.30. The average molecular weight is 610 g/mol. The number of methoxy groups -OCH3 is 1. The molecular weight excluding hydrogens is 570 g/mol. The second-order valence-electron chi connectivity index (χ2n) is 11.0. The van der Waals surface area contributed by atoms with Crippen LogP contribution < -0.4 is 9.46 Å². The van der Waals surface area contributed by atoms with Crippen molar-refractivity contribution in [3.05, 3.63) is 65.2 Å². The number of anilines is 1. The summed E-state index contributed by atoms with van der Waals surface area (Å²) in [4.78, 5) is 36.1. The zero-order chi connectivity index (χ0) is 31.3. The number of carbonyl (C=O) groups excluding carboxylic acids is 2. The predicted octanol–water partition coefficient (Wildman–Crippen LogP) is 5.59. The van der Waals surface area contributed by atoms with E-state index in [4.69, 9.17) is 9.47 Å². The van der Waals surface area contributed by atoms with Gasteiger partial charge in [-0.15, -0.1) is 0 Å². The monoisotopic (exact) mass is 609 g/mol. The van der Waals surface area contributed by atoms with E-state index in [-0.39, 0.29) is 41.4 Å². The minimum Gasteiger partial charge on any atom is -0.475 e. The summed E-state index contributed by atoms with van der Waals surface area (Å²) in [5.74, 6) is -0.482. The van der Waals surface area contributed by atoms with E-state index in [9.17, 15) is 18.0 Å². The summed E-state index contributed by atoms with van der Waals surface area (Å²) in [6.07, 6.45) is 1.15. The SMILES string of the molecule is CCCCN(C(=O)OC)N1C(=O)c2cccc(c2)S(=O)(=O)Nc2nc(cc(-c3c(C)cccc3C)n2)OC[C@@H]1CC(C)C. The molecule has 1 atom stereocenters. The van der Waals surface area contributed by atoms with E-state index in [1.165, 1.54) is 41.4 Å². The minimum atomic E-state index is -4.21. The molecule has 230 valence electrons. The van der Waals surface area contributed by atoms with Crippen molar-refractivity contribution in [2.75, 3.05) is 25.0 Å². The molecule has 43 heavy (non-hydrogen) atoms. The number of fused-ring (bicyclic) bond motifs is 4. The smallest absolute Gasteiger partial charge is 0.428 e. The molecule has 4 rings (SSSR count). The van der Waals surface area contributed by atoms with Gasteiger partial charge in [0.15, 0.2) is 0 Å². The van der Waals surface area contributed by atoms with Crippen LogP contribution in [0.2, 0.25) is 0 Å². The van der Waals surface area contributed by atoms with E-state index in [2.05, 4.69) is 14.7 Å². The number of aromatic nitrogens is 2. The molecule has 0 saturated carbocycles. The van der Waals surface area contributed by atoms with Crippen LogP contribution in [-0.2, 0) is 14.8 Å². The Bertz CT molecular complexity index is 1570. The van der Waals surface area contributed by atoms with Crippen LogP contribution in [0.15, 0.2) is 53.4 Å². The largest absolute Gasteiger partial charge is 0.475 e. The number of aryl methyl sites for hydroxylation is 2.